The molecule has 5 heteroatoms. The molecule has 4 heterocycles. The molecular formula is C46H28N2O2S. The van der Waals surface area contributed by atoms with E-state index in [4.69, 9.17) is 8.83 Å². The second kappa shape index (κ2) is 11.1. The lowest BCUT2D eigenvalue weighted by Gasteiger charge is -2.33. The standard InChI is InChI=1S/C46H28N2O2S/c1-2-9-27(10-3-1)38-26-39(48-46(47-38)30-19-22-42-37(23-30)33-12-5-6-15-40(33)49-42)29-18-21-35-34-20-17-28(24-43(34)51-44(35)25-29)31-13-8-14-36-32-11-4-7-16-41(32)50-45(31)36/h1-6,8-15,17-26,39,46-48H. The lowest BCUT2D eigenvalue weighted by molar-refractivity contribution is 0.443. The van der Waals surface area contributed by atoms with E-state index < -0.39 is 0 Å². The molecule has 1 aliphatic rings. The summed E-state index contributed by atoms with van der Waals surface area (Å²) in [4.78, 5) is 0. The highest BCUT2D eigenvalue weighted by molar-refractivity contribution is 7.25. The molecule has 0 saturated heterocycles. The number of thiophene rings is 1. The molecule has 0 spiro atoms. The second-order valence-corrected chi connectivity index (χ2v) is 14.3. The maximum absolute atomic E-state index is 6.30. The quantitative estimate of drug-likeness (QED) is 0.195. The van der Waals surface area contributed by atoms with Crippen LogP contribution in [0.1, 0.15) is 28.9 Å². The molecular weight excluding hydrogens is 645 g/mol. The fourth-order valence-corrected chi connectivity index (χ4v) is 8.94. The van der Waals surface area contributed by atoms with Crippen LogP contribution < -0.4 is 10.6 Å². The zero-order valence-electron chi connectivity index (χ0n) is 27.2. The molecule has 2 N–H and O–H groups in total. The molecule has 240 valence electrons. The van der Waals surface area contributed by atoms with Crippen LogP contribution in [0.5, 0.6) is 0 Å². The molecule has 0 bridgehead atoms. The Labute approximate surface area is 297 Å². The molecule has 10 aromatic rings. The van der Waals surface area contributed by atoms with Crippen LogP contribution in [0.15, 0.2) is 154 Å². The lowest BCUT2D eigenvalue weighted by atomic mass is 9.97. The minimum Gasteiger partial charge on any atom is -0.456 e. The van der Waals surface area contributed by atoms with Gasteiger partial charge in [-0.15, -0.1) is 11.3 Å². The van der Waals surface area contributed by atoms with E-state index in [1.54, 1.807) is 0 Å². The Balaban J connectivity index is 0.991. The van der Waals surface area contributed by atoms with Crippen molar-refractivity contribution in [3.63, 3.8) is 0 Å². The summed E-state index contributed by atoms with van der Waals surface area (Å²) >= 11 is 1.84. The van der Waals surface area contributed by atoms with E-state index in [0.29, 0.717) is 0 Å². The van der Waals surface area contributed by atoms with E-state index in [-0.39, 0.29) is 12.2 Å². The molecule has 4 nitrogen and oxygen atoms in total. The monoisotopic (exact) mass is 672 g/mol. The van der Waals surface area contributed by atoms with Gasteiger partial charge >= 0.3 is 0 Å². The van der Waals surface area contributed by atoms with Gasteiger partial charge in [-0.2, -0.15) is 0 Å². The van der Waals surface area contributed by atoms with Gasteiger partial charge in [-0.25, -0.2) is 0 Å². The SMILES string of the molecule is c1ccc2c(c#1)oc1c(-c3ccc4c(c3)sc3cc(C5C=C(c6ccccc6)NC(c6ccc7oc8ccccc8c7c6)N5)ccc34)cccc12. The highest BCUT2D eigenvalue weighted by Crippen LogP contribution is 2.41. The van der Waals surface area contributed by atoms with Gasteiger partial charge in [-0.05, 0) is 76.9 Å². The Bertz CT molecular complexity index is 3000. The maximum atomic E-state index is 6.30. The van der Waals surface area contributed by atoms with Crippen LogP contribution in [0.3, 0.4) is 0 Å². The Morgan fingerprint density at radius 3 is 2.31 bits per heavy atom. The van der Waals surface area contributed by atoms with Crippen LogP contribution in [-0.2, 0) is 0 Å². The first-order chi connectivity index (χ1) is 25.2. The fourth-order valence-electron chi connectivity index (χ4n) is 7.74. The van der Waals surface area contributed by atoms with Crippen molar-refractivity contribution in [2.45, 2.75) is 12.2 Å². The van der Waals surface area contributed by atoms with Crippen LogP contribution >= 0.6 is 11.3 Å². The summed E-state index contributed by atoms with van der Waals surface area (Å²) in [6.07, 6.45) is 2.21. The van der Waals surface area contributed by atoms with Gasteiger partial charge in [0.05, 0.1) is 6.04 Å². The molecule has 51 heavy (non-hydrogen) atoms. The van der Waals surface area contributed by atoms with Crippen LogP contribution in [0.25, 0.3) is 80.9 Å². The maximum Gasteiger partial charge on any atom is 0.185 e. The summed E-state index contributed by atoms with van der Waals surface area (Å²) < 4.78 is 15.0. The van der Waals surface area contributed by atoms with E-state index >= 15 is 0 Å². The first-order valence-corrected chi connectivity index (χ1v) is 18.0. The van der Waals surface area contributed by atoms with Gasteiger partial charge in [0.15, 0.2) is 5.58 Å². The van der Waals surface area contributed by atoms with Crippen molar-refractivity contribution in [1.82, 2.24) is 10.6 Å². The number of fused-ring (bicyclic) bond motifs is 9. The lowest BCUT2D eigenvalue weighted by Crippen LogP contribution is -2.39. The Hall–Kier alpha value is -6.32. The van der Waals surface area contributed by atoms with E-state index in [2.05, 4.69) is 144 Å². The first-order valence-electron chi connectivity index (χ1n) is 17.1. The van der Waals surface area contributed by atoms with Gasteiger partial charge in [-0.3, -0.25) is 5.32 Å². The molecule has 2 unspecified atom stereocenters. The molecule has 0 radical (unpaired) electrons. The second-order valence-electron chi connectivity index (χ2n) is 13.2. The number of hydrogen-bond donors (Lipinski definition) is 2. The third-order valence-electron chi connectivity index (χ3n) is 10.2. The van der Waals surface area contributed by atoms with Gasteiger partial charge in [0, 0.05) is 53.0 Å². The minimum atomic E-state index is -0.106. The molecule has 0 fully saturated rings. The summed E-state index contributed by atoms with van der Waals surface area (Å²) in [6.45, 7) is 0. The number of para-hydroxylation sites is 2. The highest BCUT2D eigenvalue weighted by atomic mass is 32.1. The van der Waals surface area contributed by atoms with E-state index in [1.807, 2.05) is 35.6 Å². The number of rotatable bonds is 4. The largest absolute Gasteiger partial charge is 0.456 e. The topological polar surface area (TPSA) is 50.3 Å². The van der Waals surface area contributed by atoms with E-state index in [0.717, 1.165) is 71.8 Å². The number of nitrogens with one attached hydrogen (secondary N) is 2. The smallest absolute Gasteiger partial charge is 0.185 e. The minimum absolute atomic E-state index is 0.00634. The molecule has 3 aromatic heterocycles. The van der Waals surface area contributed by atoms with Crippen molar-refractivity contribution in [2.24, 2.45) is 0 Å². The van der Waals surface area contributed by atoms with Gasteiger partial charge in [-0.1, -0.05) is 103 Å². The molecule has 11 rings (SSSR count). The summed E-state index contributed by atoms with van der Waals surface area (Å²) in [7, 11) is 0. The average Bonchev–Trinajstić information content (AvgIpc) is 3.88. The third-order valence-corrected chi connectivity index (χ3v) is 11.4. The Morgan fingerprint density at radius 2 is 1.37 bits per heavy atom. The average molecular weight is 673 g/mol. The molecule has 1 aliphatic heterocycles. The summed E-state index contributed by atoms with van der Waals surface area (Å²) in [6, 6.07) is 55.5. The van der Waals surface area contributed by atoms with Crippen LogP contribution in [-0.4, -0.2) is 0 Å². The summed E-state index contributed by atoms with van der Waals surface area (Å²) in [5.74, 6) is 0. The molecule has 0 amide bonds. The van der Waals surface area contributed by atoms with Gasteiger partial charge < -0.3 is 14.2 Å². The number of benzene rings is 6. The normalized spacial score (nSPS) is 16.3. The van der Waals surface area contributed by atoms with E-state index in [9.17, 15) is 0 Å². The van der Waals surface area contributed by atoms with E-state index in [1.165, 1.54) is 25.7 Å². The van der Waals surface area contributed by atoms with Crippen molar-refractivity contribution < 1.29 is 8.83 Å². The number of hydrogen-bond acceptors (Lipinski definition) is 5. The third kappa shape index (κ3) is 4.58. The first kappa shape index (κ1) is 28.5. The zero-order chi connectivity index (χ0) is 33.5. The van der Waals surface area contributed by atoms with Crippen LogP contribution in [0.4, 0.5) is 0 Å². The molecule has 7 aromatic carbocycles. The Morgan fingerprint density at radius 1 is 0.569 bits per heavy atom. The van der Waals surface area contributed by atoms with Gasteiger partial charge in [0.1, 0.15) is 22.9 Å². The summed E-state index contributed by atoms with van der Waals surface area (Å²) in [5, 5.41) is 14.7. The zero-order valence-corrected chi connectivity index (χ0v) is 28.1. The molecule has 0 aliphatic carbocycles. The van der Waals surface area contributed by atoms with Crippen molar-refractivity contribution >= 4 is 81.1 Å². The van der Waals surface area contributed by atoms with Crippen molar-refractivity contribution in [2.75, 3.05) is 0 Å². The predicted octanol–water partition coefficient (Wildman–Crippen LogP) is 12.1. The van der Waals surface area contributed by atoms with Crippen molar-refractivity contribution in [3.8, 4) is 11.1 Å². The van der Waals surface area contributed by atoms with Crippen LogP contribution in [0.2, 0.25) is 0 Å². The predicted molar refractivity (Wildman–Crippen MR) is 210 cm³/mol. The van der Waals surface area contributed by atoms with Gasteiger partial charge in [0.25, 0.3) is 0 Å². The number of furan rings is 2. The van der Waals surface area contributed by atoms with Crippen LogP contribution in [0, 0.1) is 12.1 Å². The molecule has 0 saturated carbocycles. The Kier molecular flexibility index (Phi) is 6.20. The fraction of sp³-hybridized carbons (Fsp3) is 0.0435. The summed E-state index contributed by atoms with van der Waals surface area (Å²) in [5.41, 5.74) is 10.3. The molecule has 2 atom stereocenters. The van der Waals surface area contributed by atoms with Gasteiger partial charge in [0.2, 0.25) is 0 Å². The highest BCUT2D eigenvalue weighted by Gasteiger charge is 2.25. The van der Waals surface area contributed by atoms with Crippen molar-refractivity contribution in [1.29, 1.82) is 0 Å². The van der Waals surface area contributed by atoms with Crippen molar-refractivity contribution in [3.05, 3.63) is 174 Å².